The van der Waals surface area contributed by atoms with E-state index < -0.39 is 0 Å². The van der Waals surface area contributed by atoms with Gasteiger partial charge in [-0.05, 0) is 37.6 Å². The summed E-state index contributed by atoms with van der Waals surface area (Å²) in [6, 6.07) is 6.70. The SMILES string of the molecule is CC(CN)N(C)C(=O)CCCNC(=O)c1ccc(Cl)cc1.Cl. The van der Waals surface area contributed by atoms with Gasteiger partial charge in [-0.1, -0.05) is 11.6 Å². The Kier molecular flexibility index (Phi) is 9.81. The van der Waals surface area contributed by atoms with Gasteiger partial charge in [-0.3, -0.25) is 9.59 Å². The molecule has 0 radical (unpaired) electrons. The zero-order valence-corrected chi connectivity index (χ0v) is 14.4. The Morgan fingerprint density at radius 2 is 1.91 bits per heavy atom. The minimum absolute atomic E-state index is 0. The van der Waals surface area contributed by atoms with Crippen LogP contribution in [-0.2, 0) is 4.79 Å². The molecule has 0 aliphatic rings. The zero-order valence-electron chi connectivity index (χ0n) is 12.8. The van der Waals surface area contributed by atoms with Gasteiger partial charge in [0.25, 0.3) is 5.91 Å². The van der Waals surface area contributed by atoms with E-state index in [1.807, 2.05) is 6.92 Å². The molecule has 0 fully saturated rings. The van der Waals surface area contributed by atoms with E-state index >= 15 is 0 Å². The number of nitrogens with zero attached hydrogens (tertiary/aromatic N) is 1. The molecule has 5 nitrogen and oxygen atoms in total. The van der Waals surface area contributed by atoms with Crippen molar-refractivity contribution < 1.29 is 9.59 Å². The fourth-order valence-corrected chi connectivity index (χ4v) is 1.85. The molecule has 0 saturated carbocycles. The van der Waals surface area contributed by atoms with Crippen LogP contribution in [0.4, 0.5) is 0 Å². The van der Waals surface area contributed by atoms with E-state index in [4.69, 9.17) is 17.3 Å². The molecule has 3 N–H and O–H groups in total. The number of amides is 2. The number of nitrogens with two attached hydrogens (primary N) is 1. The summed E-state index contributed by atoms with van der Waals surface area (Å²) in [5, 5.41) is 3.37. The normalized spacial score (nSPS) is 11.3. The van der Waals surface area contributed by atoms with Crippen LogP contribution in [-0.4, -0.2) is 42.9 Å². The maximum absolute atomic E-state index is 11.8. The second-order valence-electron chi connectivity index (χ2n) is 4.96. The van der Waals surface area contributed by atoms with Crippen LogP contribution in [0.25, 0.3) is 0 Å². The number of benzene rings is 1. The Morgan fingerprint density at radius 3 is 2.45 bits per heavy atom. The van der Waals surface area contributed by atoms with Crippen LogP contribution in [0.5, 0.6) is 0 Å². The summed E-state index contributed by atoms with van der Waals surface area (Å²) in [6.45, 7) is 2.80. The van der Waals surface area contributed by atoms with Crippen molar-refractivity contribution >= 4 is 35.8 Å². The Morgan fingerprint density at radius 1 is 1.32 bits per heavy atom. The molecule has 0 aliphatic carbocycles. The number of halogens is 2. The maximum atomic E-state index is 11.8. The molecule has 0 aromatic heterocycles. The standard InChI is InChI=1S/C15H22ClN3O2.ClH/c1-11(10-17)19(2)14(20)4-3-9-18-15(21)12-5-7-13(16)8-6-12;/h5-8,11H,3-4,9-10,17H2,1-2H3,(H,18,21);1H. The molecule has 0 saturated heterocycles. The lowest BCUT2D eigenvalue weighted by atomic mass is 10.2. The molecule has 0 aliphatic heterocycles. The number of hydrogen-bond acceptors (Lipinski definition) is 3. The van der Waals surface area contributed by atoms with Crippen LogP contribution < -0.4 is 11.1 Å². The number of nitrogens with one attached hydrogen (secondary N) is 1. The fourth-order valence-electron chi connectivity index (χ4n) is 1.73. The first-order valence-corrected chi connectivity index (χ1v) is 7.33. The molecule has 1 unspecified atom stereocenters. The predicted octanol–water partition coefficient (Wildman–Crippen LogP) is 2.08. The summed E-state index contributed by atoms with van der Waals surface area (Å²) in [6.07, 6.45) is 0.988. The van der Waals surface area contributed by atoms with E-state index in [9.17, 15) is 9.59 Å². The van der Waals surface area contributed by atoms with Crippen LogP contribution in [0.15, 0.2) is 24.3 Å². The van der Waals surface area contributed by atoms with Gasteiger partial charge in [0.05, 0.1) is 0 Å². The van der Waals surface area contributed by atoms with Crippen molar-refractivity contribution in [2.24, 2.45) is 5.73 Å². The highest BCUT2D eigenvalue weighted by atomic mass is 35.5. The number of carbonyl (C=O) groups is 2. The van der Waals surface area contributed by atoms with E-state index in [-0.39, 0.29) is 30.3 Å². The molecular weight excluding hydrogens is 325 g/mol. The van der Waals surface area contributed by atoms with Gasteiger partial charge in [0.2, 0.25) is 5.91 Å². The molecule has 22 heavy (non-hydrogen) atoms. The molecule has 124 valence electrons. The average Bonchev–Trinajstić information content (AvgIpc) is 2.50. The molecule has 0 heterocycles. The van der Waals surface area contributed by atoms with Gasteiger partial charge in [0.15, 0.2) is 0 Å². The van der Waals surface area contributed by atoms with Gasteiger partial charge in [-0.25, -0.2) is 0 Å². The third-order valence-electron chi connectivity index (χ3n) is 3.36. The van der Waals surface area contributed by atoms with Crippen molar-refractivity contribution in [2.75, 3.05) is 20.1 Å². The molecule has 2 amide bonds. The smallest absolute Gasteiger partial charge is 0.251 e. The molecule has 1 aromatic carbocycles. The first-order chi connectivity index (χ1) is 9.95. The lowest BCUT2D eigenvalue weighted by Crippen LogP contribution is -2.39. The summed E-state index contributed by atoms with van der Waals surface area (Å²) in [7, 11) is 1.74. The summed E-state index contributed by atoms with van der Waals surface area (Å²) in [5.41, 5.74) is 6.08. The molecular formula is C15H23Cl2N3O2. The highest BCUT2D eigenvalue weighted by Gasteiger charge is 2.13. The molecule has 0 spiro atoms. The number of likely N-dealkylation sites (N-methyl/N-ethyl adjacent to an activating group) is 1. The summed E-state index contributed by atoms with van der Waals surface area (Å²) in [5.74, 6) is -0.128. The van der Waals surface area contributed by atoms with E-state index in [0.717, 1.165) is 0 Å². The molecule has 1 atom stereocenters. The summed E-state index contributed by atoms with van der Waals surface area (Å²) >= 11 is 5.76. The van der Waals surface area contributed by atoms with Gasteiger partial charge in [0, 0.05) is 43.2 Å². The van der Waals surface area contributed by atoms with Crippen LogP contribution >= 0.6 is 24.0 Å². The van der Waals surface area contributed by atoms with Crippen molar-refractivity contribution in [3.05, 3.63) is 34.9 Å². The monoisotopic (exact) mass is 347 g/mol. The van der Waals surface area contributed by atoms with Gasteiger partial charge in [-0.15, -0.1) is 12.4 Å². The van der Waals surface area contributed by atoms with E-state index in [2.05, 4.69) is 5.32 Å². The van der Waals surface area contributed by atoms with Gasteiger partial charge in [-0.2, -0.15) is 0 Å². The van der Waals surface area contributed by atoms with Gasteiger partial charge in [0.1, 0.15) is 0 Å². The fraction of sp³-hybridized carbons (Fsp3) is 0.467. The Balaban J connectivity index is 0.00000441. The first kappa shape index (κ1) is 20.7. The minimum atomic E-state index is -0.164. The number of hydrogen-bond donors (Lipinski definition) is 2. The van der Waals surface area contributed by atoms with Gasteiger partial charge < -0.3 is 16.0 Å². The third kappa shape index (κ3) is 6.64. The van der Waals surface area contributed by atoms with Crippen LogP contribution in [0.3, 0.4) is 0 Å². The largest absolute Gasteiger partial charge is 0.352 e. The van der Waals surface area contributed by atoms with Crippen LogP contribution in [0.1, 0.15) is 30.1 Å². The van der Waals surface area contributed by atoms with Crippen LogP contribution in [0, 0.1) is 0 Å². The lowest BCUT2D eigenvalue weighted by molar-refractivity contribution is -0.131. The van der Waals surface area contributed by atoms with Crippen molar-refractivity contribution in [3.8, 4) is 0 Å². The molecule has 1 aromatic rings. The zero-order chi connectivity index (χ0) is 15.8. The van der Waals surface area contributed by atoms with Crippen molar-refractivity contribution in [1.82, 2.24) is 10.2 Å². The quantitative estimate of drug-likeness (QED) is 0.741. The lowest BCUT2D eigenvalue weighted by Gasteiger charge is -2.23. The Bertz CT molecular complexity index is 480. The summed E-state index contributed by atoms with van der Waals surface area (Å²) in [4.78, 5) is 25.3. The van der Waals surface area contributed by atoms with Crippen LogP contribution in [0.2, 0.25) is 5.02 Å². The summed E-state index contributed by atoms with van der Waals surface area (Å²) < 4.78 is 0. The maximum Gasteiger partial charge on any atom is 0.251 e. The van der Waals surface area contributed by atoms with E-state index in [1.54, 1.807) is 36.2 Å². The second kappa shape index (κ2) is 10.4. The highest BCUT2D eigenvalue weighted by Crippen LogP contribution is 2.09. The number of rotatable bonds is 7. The van der Waals surface area contributed by atoms with Crippen molar-refractivity contribution in [2.45, 2.75) is 25.8 Å². The number of carbonyl (C=O) groups excluding carboxylic acids is 2. The highest BCUT2D eigenvalue weighted by molar-refractivity contribution is 6.30. The van der Waals surface area contributed by atoms with E-state index in [0.29, 0.717) is 36.5 Å². The van der Waals surface area contributed by atoms with E-state index in [1.165, 1.54) is 0 Å². The molecule has 0 bridgehead atoms. The Labute approximate surface area is 142 Å². The first-order valence-electron chi connectivity index (χ1n) is 6.95. The molecule has 7 heteroatoms. The Hall–Kier alpha value is -1.30. The molecule has 1 rings (SSSR count). The van der Waals surface area contributed by atoms with Crippen molar-refractivity contribution in [3.63, 3.8) is 0 Å². The minimum Gasteiger partial charge on any atom is -0.352 e. The predicted molar refractivity (Wildman–Crippen MR) is 91.6 cm³/mol. The average molecular weight is 348 g/mol. The van der Waals surface area contributed by atoms with Crippen molar-refractivity contribution in [1.29, 1.82) is 0 Å². The second-order valence-corrected chi connectivity index (χ2v) is 5.39. The topological polar surface area (TPSA) is 75.4 Å². The van der Waals surface area contributed by atoms with Gasteiger partial charge >= 0.3 is 0 Å². The third-order valence-corrected chi connectivity index (χ3v) is 3.61.